The molecule has 0 fully saturated rings. The van der Waals surface area contributed by atoms with Gasteiger partial charge in [0.2, 0.25) is 0 Å². The van der Waals surface area contributed by atoms with Crippen LogP contribution < -0.4 is 10.2 Å². The summed E-state index contributed by atoms with van der Waals surface area (Å²) < 4.78 is 11.6. The van der Waals surface area contributed by atoms with Crippen LogP contribution >= 0.6 is 23.2 Å². The van der Waals surface area contributed by atoms with Crippen LogP contribution in [0.5, 0.6) is 5.75 Å². The molecule has 5 nitrogen and oxygen atoms in total. The number of benzene rings is 3. The Hall–Kier alpha value is -3.54. The van der Waals surface area contributed by atoms with Crippen LogP contribution in [0.3, 0.4) is 0 Å². The van der Waals surface area contributed by atoms with E-state index in [9.17, 15) is 4.79 Å². The van der Waals surface area contributed by atoms with Crippen molar-refractivity contribution in [1.29, 1.82) is 0 Å². The molecule has 0 bridgehead atoms. The first-order chi connectivity index (χ1) is 15.6. The molecule has 7 heteroatoms. The van der Waals surface area contributed by atoms with Crippen molar-refractivity contribution in [2.75, 3.05) is 0 Å². The number of para-hydroxylation sites is 1. The summed E-state index contributed by atoms with van der Waals surface area (Å²) in [5.74, 6) is 1.11. The summed E-state index contributed by atoms with van der Waals surface area (Å²) in [6.07, 6.45) is 1.42. The molecule has 160 valence electrons. The highest BCUT2D eigenvalue weighted by Crippen LogP contribution is 2.31. The molecular weight excluding hydrogens is 447 g/mol. The standard InChI is InChI=1S/C25H18Cl2N2O3/c26-18-10-12-20(22(27)14-18)24-13-11-19(32-24)15-28-29-25(30)21-8-4-5-9-23(21)31-16-17-6-2-1-3-7-17/h1-15H,16H2,(H,29,30)/b28-15+. The highest BCUT2D eigenvalue weighted by atomic mass is 35.5. The van der Waals surface area contributed by atoms with Gasteiger partial charge < -0.3 is 9.15 Å². The number of halogens is 2. The summed E-state index contributed by atoms with van der Waals surface area (Å²) in [5, 5.41) is 5.02. The van der Waals surface area contributed by atoms with Gasteiger partial charge in [-0.2, -0.15) is 5.10 Å². The van der Waals surface area contributed by atoms with Gasteiger partial charge in [-0.3, -0.25) is 4.79 Å². The Morgan fingerprint density at radius 1 is 0.969 bits per heavy atom. The summed E-state index contributed by atoms with van der Waals surface area (Å²) in [5.41, 5.74) is 4.61. The van der Waals surface area contributed by atoms with Crippen molar-refractivity contribution in [3.63, 3.8) is 0 Å². The molecule has 0 atom stereocenters. The van der Waals surface area contributed by atoms with Crippen molar-refractivity contribution < 1.29 is 13.9 Å². The monoisotopic (exact) mass is 464 g/mol. The minimum absolute atomic E-state index is 0.358. The van der Waals surface area contributed by atoms with E-state index in [0.717, 1.165) is 5.56 Å². The van der Waals surface area contributed by atoms with E-state index in [4.69, 9.17) is 32.4 Å². The van der Waals surface area contributed by atoms with Gasteiger partial charge in [-0.05, 0) is 48.0 Å². The van der Waals surface area contributed by atoms with Gasteiger partial charge in [0, 0.05) is 10.6 Å². The molecule has 1 N–H and O–H groups in total. The lowest BCUT2D eigenvalue weighted by Crippen LogP contribution is -2.18. The lowest BCUT2D eigenvalue weighted by Gasteiger charge is -2.10. The summed E-state index contributed by atoms with van der Waals surface area (Å²) in [7, 11) is 0. The Kier molecular flexibility index (Phi) is 6.90. The molecule has 0 radical (unpaired) electrons. The largest absolute Gasteiger partial charge is 0.488 e. The van der Waals surface area contributed by atoms with Gasteiger partial charge in [-0.15, -0.1) is 0 Å². The van der Waals surface area contributed by atoms with Crippen LogP contribution in [0, 0.1) is 0 Å². The molecule has 1 aromatic heterocycles. The molecule has 32 heavy (non-hydrogen) atoms. The van der Waals surface area contributed by atoms with E-state index in [1.807, 2.05) is 36.4 Å². The smallest absolute Gasteiger partial charge is 0.275 e. The van der Waals surface area contributed by atoms with Gasteiger partial charge in [0.15, 0.2) is 0 Å². The Morgan fingerprint density at radius 3 is 2.56 bits per heavy atom. The zero-order chi connectivity index (χ0) is 22.3. The average Bonchev–Trinajstić information content (AvgIpc) is 3.27. The molecule has 4 rings (SSSR count). The Morgan fingerprint density at radius 2 is 1.75 bits per heavy atom. The second kappa shape index (κ2) is 10.2. The normalized spacial score (nSPS) is 10.9. The highest BCUT2D eigenvalue weighted by molar-refractivity contribution is 6.36. The van der Waals surface area contributed by atoms with Gasteiger partial charge in [0.25, 0.3) is 5.91 Å². The molecule has 0 aliphatic heterocycles. The third kappa shape index (κ3) is 5.38. The zero-order valence-electron chi connectivity index (χ0n) is 16.8. The molecule has 0 saturated heterocycles. The predicted molar refractivity (Wildman–Crippen MR) is 126 cm³/mol. The lowest BCUT2D eigenvalue weighted by atomic mass is 10.2. The van der Waals surface area contributed by atoms with Gasteiger partial charge in [0.05, 0.1) is 16.8 Å². The number of furan rings is 1. The van der Waals surface area contributed by atoms with E-state index in [2.05, 4.69) is 10.5 Å². The molecule has 0 saturated carbocycles. The van der Waals surface area contributed by atoms with E-state index < -0.39 is 5.91 Å². The molecule has 1 heterocycles. The molecule has 0 unspecified atom stereocenters. The van der Waals surface area contributed by atoms with Crippen LogP contribution in [0.25, 0.3) is 11.3 Å². The van der Waals surface area contributed by atoms with Crippen LogP contribution in [-0.4, -0.2) is 12.1 Å². The van der Waals surface area contributed by atoms with Crippen LogP contribution in [0.15, 0.2) is 94.4 Å². The Bertz CT molecular complexity index is 1250. The van der Waals surface area contributed by atoms with E-state index in [1.165, 1.54) is 6.21 Å². The first-order valence-corrected chi connectivity index (χ1v) is 10.5. The fourth-order valence-corrected chi connectivity index (χ4v) is 3.49. The van der Waals surface area contributed by atoms with Crippen LogP contribution in [0.1, 0.15) is 21.7 Å². The van der Waals surface area contributed by atoms with Crippen molar-refractivity contribution in [3.05, 3.63) is 112 Å². The topological polar surface area (TPSA) is 63.8 Å². The van der Waals surface area contributed by atoms with Crippen molar-refractivity contribution in [1.82, 2.24) is 5.43 Å². The van der Waals surface area contributed by atoms with Crippen molar-refractivity contribution in [2.24, 2.45) is 5.10 Å². The van der Waals surface area contributed by atoms with Crippen LogP contribution in [-0.2, 0) is 6.61 Å². The van der Waals surface area contributed by atoms with Crippen molar-refractivity contribution in [3.8, 4) is 17.1 Å². The molecule has 3 aromatic carbocycles. The SMILES string of the molecule is O=C(N/N=C/c1ccc(-c2ccc(Cl)cc2Cl)o1)c1ccccc1OCc1ccccc1. The minimum atomic E-state index is -0.391. The Labute approximate surface area is 195 Å². The van der Waals surface area contributed by atoms with Gasteiger partial charge in [-0.25, -0.2) is 5.43 Å². The van der Waals surface area contributed by atoms with Gasteiger partial charge in [0.1, 0.15) is 23.9 Å². The van der Waals surface area contributed by atoms with Crippen LogP contribution in [0.4, 0.5) is 0 Å². The third-order valence-corrected chi connectivity index (χ3v) is 5.10. The number of ether oxygens (including phenoxy) is 1. The first kappa shape index (κ1) is 21.7. The molecule has 0 spiro atoms. The Balaban J connectivity index is 1.40. The number of rotatable bonds is 7. The first-order valence-electron chi connectivity index (χ1n) is 9.74. The van der Waals surface area contributed by atoms with Crippen molar-refractivity contribution in [2.45, 2.75) is 6.61 Å². The number of hydrazone groups is 1. The summed E-state index contributed by atoms with van der Waals surface area (Å²) in [6, 6.07) is 25.4. The second-order valence-electron chi connectivity index (χ2n) is 6.80. The number of nitrogens with zero attached hydrogens (tertiary/aromatic N) is 1. The minimum Gasteiger partial charge on any atom is -0.488 e. The zero-order valence-corrected chi connectivity index (χ0v) is 18.3. The maximum absolute atomic E-state index is 12.6. The molecule has 4 aromatic rings. The highest BCUT2D eigenvalue weighted by Gasteiger charge is 2.12. The van der Waals surface area contributed by atoms with Crippen LogP contribution in [0.2, 0.25) is 10.0 Å². The lowest BCUT2D eigenvalue weighted by molar-refractivity contribution is 0.0950. The second-order valence-corrected chi connectivity index (χ2v) is 7.64. The fourth-order valence-electron chi connectivity index (χ4n) is 2.99. The predicted octanol–water partition coefficient (Wildman–Crippen LogP) is 6.60. The number of carbonyl (C=O) groups excluding carboxylic acids is 1. The molecular formula is C25H18Cl2N2O3. The quantitative estimate of drug-likeness (QED) is 0.247. The van der Waals surface area contributed by atoms with E-state index >= 15 is 0 Å². The molecule has 0 aliphatic rings. The van der Waals surface area contributed by atoms with Crippen molar-refractivity contribution >= 4 is 35.3 Å². The number of hydrogen-bond acceptors (Lipinski definition) is 4. The van der Waals surface area contributed by atoms with E-state index in [0.29, 0.717) is 45.0 Å². The average molecular weight is 465 g/mol. The van der Waals surface area contributed by atoms with E-state index in [-0.39, 0.29) is 0 Å². The van der Waals surface area contributed by atoms with E-state index in [1.54, 1.807) is 48.5 Å². The summed E-state index contributed by atoms with van der Waals surface area (Å²) in [4.78, 5) is 12.6. The van der Waals surface area contributed by atoms with Gasteiger partial charge in [-0.1, -0.05) is 65.7 Å². The fraction of sp³-hybridized carbons (Fsp3) is 0.0400. The van der Waals surface area contributed by atoms with Gasteiger partial charge >= 0.3 is 0 Å². The number of hydrogen-bond donors (Lipinski definition) is 1. The summed E-state index contributed by atoms with van der Waals surface area (Å²) in [6.45, 7) is 0.358. The third-order valence-electron chi connectivity index (χ3n) is 4.55. The molecule has 1 amide bonds. The number of carbonyl (C=O) groups is 1. The number of nitrogens with one attached hydrogen (secondary N) is 1. The maximum Gasteiger partial charge on any atom is 0.275 e. The summed E-state index contributed by atoms with van der Waals surface area (Å²) >= 11 is 12.2. The maximum atomic E-state index is 12.6. The molecule has 0 aliphatic carbocycles. The number of amides is 1.